The summed E-state index contributed by atoms with van der Waals surface area (Å²) in [6.07, 6.45) is 13.7. The molecule has 0 aromatic heterocycles. The molecule has 0 spiro atoms. The third-order valence-electron chi connectivity index (χ3n) is 4.72. The molecular weight excluding hydrogens is 376 g/mol. The summed E-state index contributed by atoms with van der Waals surface area (Å²) in [6.45, 7) is 5.35. The predicted octanol–water partition coefficient (Wildman–Crippen LogP) is 6.41. The maximum Gasteiger partial charge on any atom is 0.298 e. The van der Waals surface area contributed by atoms with E-state index in [4.69, 9.17) is 9.47 Å². The molecule has 6 heteroatoms. The fourth-order valence-corrected chi connectivity index (χ4v) is 3.68. The van der Waals surface area contributed by atoms with Crippen LogP contribution < -0.4 is 9.47 Å². The quantitative estimate of drug-likeness (QED) is 0.235. The first kappa shape index (κ1) is 24.8. The van der Waals surface area contributed by atoms with Crippen LogP contribution in [0.3, 0.4) is 0 Å². The minimum atomic E-state index is -4.36. The summed E-state index contributed by atoms with van der Waals surface area (Å²) in [4.78, 5) is -0.223. The zero-order valence-electron chi connectivity index (χ0n) is 17.6. The third-order valence-corrected chi connectivity index (χ3v) is 5.59. The van der Waals surface area contributed by atoms with Gasteiger partial charge in [0.2, 0.25) is 0 Å². The molecule has 0 unspecified atom stereocenters. The summed E-state index contributed by atoms with van der Waals surface area (Å²) < 4.78 is 44.2. The Morgan fingerprint density at radius 3 is 1.79 bits per heavy atom. The van der Waals surface area contributed by atoms with Gasteiger partial charge in [0.25, 0.3) is 10.1 Å². The molecule has 0 aliphatic heterocycles. The molecule has 0 radical (unpaired) electrons. The first-order chi connectivity index (χ1) is 13.5. The van der Waals surface area contributed by atoms with Crippen LogP contribution >= 0.6 is 0 Å². The summed E-state index contributed by atoms with van der Waals surface area (Å²) in [5.41, 5.74) is 0. The Bertz CT molecular complexity index is 628. The topological polar surface area (TPSA) is 72.8 Å². The van der Waals surface area contributed by atoms with Crippen LogP contribution in [0.1, 0.15) is 90.9 Å². The number of hydrogen-bond acceptors (Lipinski definition) is 4. The monoisotopic (exact) mass is 414 g/mol. The van der Waals surface area contributed by atoms with E-state index in [0.29, 0.717) is 19.0 Å². The van der Waals surface area contributed by atoms with Gasteiger partial charge in [-0.1, -0.05) is 78.1 Å². The molecule has 5 nitrogen and oxygen atoms in total. The van der Waals surface area contributed by atoms with Gasteiger partial charge in [-0.05, 0) is 25.0 Å². The Balaban J connectivity index is 2.47. The van der Waals surface area contributed by atoms with Gasteiger partial charge in [-0.25, -0.2) is 0 Å². The van der Waals surface area contributed by atoms with E-state index in [-0.39, 0.29) is 10.6 Å². The number of hydrogen-bond donors (Lipinski definition) is 1. The van der Waals surface area contributed by atoms with Crippen molar-refractivity contribution in [2.24, 2.45) is 0 Å². The second-order valence-electron chi connectivity index (χ2n) is 7.32. The Hall–Kier alpha value is -1.27. The summed E-state index contributed by atoms with van der Waals surface area (Å²) in [5, 5.41) is 0. The van der Waals surface area contributed by atoms with Gasteiger partial charge in [0.05, 0.1) is 13.2 Å². The Morgan fingerprint density at radius 1 is 0.750 bits per heavy atom. The minimum Gasteiger partial charge on any atom is -0.494 e. The van der Waals surface area contributed by atoms with E-state index in [1.165, 1.54) is 51.0 Å². The van der Waals surface area contributed by atoms with Gasteiger partial charge in [-0.3, -0.25) is 4.55 Å². The lowest BCUT2D eigenvalue weighted by Gasteiger charge is -2.12. The van der Waals surface area contributed by atoms with Gasteiger partial charge < -0.3 is 9.47 Å². The molecule has 0 aliphatic rings. The second kappa shape index (κ2) is 14.7. The van der Waals surface area contributed by atoms with E-state index in [1.54, 1.807) is 12.1 Å². The number of ether oxygens (including phenoxy) is 2. The first-order valence-electron chi connectivity index (χ1n) is 10.9. The van der Waals surface area contributed by atoms with E-state index in [9.17, 15) is 13.0 Å². The van der Waals surface area contributed by atoms with Crippen LogP contribution in [0, 0.1) is 0 Å². The van der Waals surface area contributed by atoms with E-state index in [0.717, 1.165) is 32.1 Å². The fraction of sp³-hybridized carbons (Fsp3) is 0.727. The molecule has 1 aromatic rings. The summed E-state index contributed by atoms with van der Waals surface area (Å²) >= 11 is 0. The lowest BCUT2D eigenvalue weighted by Crippen LogP contribution is -2.06. The standard InChI is InChI=1S/C22H38O5S/c1-3-5-7-9-11-13-17-26-20-15-16-21(22(19-20)28(23,24)25)27-18-14-12-10-8-6-4-2/h15-16,19H,3-14,17-18H2,1-2H3,(H,23,24,25). The van der Waals surface area contributed by atoms with Crippen LogP contribution in [0.15, 0.2) is 23.1 Å². The zero-order valence-corrected chi connectivity index (χ0v) is 18.4. The van der Waals surface area contributed by atoms with E-state index in [2.05, 4.69) is 13.8 Å². The Morgan fingerprint density at radius 2 is 1.25 bits per heavy atom. The van der Waals surface area contributed by atoms with Crippen molar-refractivity contribution in [3.8, 4) is 11.5 Å². The van der Waals surface area contributed by atoms with Crippen molar-refractivity contribution in [2.75, 3.05) is 13.2 Å². The minimum absolute atomic E-state index is 0.183. The van der Waals surface area contributed by atoms with Crippen molar-refractivity contribution in [3.05, 3.63) is 18.2 Å². The SMILES string of the molecule is CCCCCCCCOc1ccc(OCCCCCCCC)c(S(=O)(=O)O)c1. The molecule has 0 fully saturated rings. The van der Waals surface area contributed by atoms with Crippen molar-refractivity contribution in [2.45, 2.75) is 95.8 Å². The normalized spacial score (nSPS) is 11.5. The lowest BCUT2D eigenvalue weighted by molar-refractivity contribution is 0.288. The van der Waals surface area contributed by atoms with E-state index >= 15 is 0 Å². The molecule has 1 rings (SSSR count). The van der Waals surface area contributed by atoms with E-state index in [1.807, 2.05) is 0 Å². The predicted molar refractivity (Wildman–Crippen MR) is 114 cm³/mol. The van der Waals surface area contributed by atoms with E-state index < -0.39 is 10.1 Å². The van der Waals surface area contributed by atoms with Gasteiger partial charge in [0.15, 0.2) is 0 Å². The fourth-order valence-electron chi connectivity index (χ4n) is 3.04. The molecule has 1 N–H and O–H groups in total. The van der Waals surface area contributed by atoms with Crippen molar-refractivity contribution in [3.63, 3.8) is 0 Å². The highest BCUT2D eigenvalue weighted by atomic mass is 32.2. The van der Waals surface area contributed by atoms with Crippen molar-refractivity contribution in [1.82, 2.24) is 0 Å². The van der Waals surface area contributed by atoms with Gasteiger partial charge in [-0.2, -0.15) is 8.42 Å². The van der Waals surface area contributed by atoms with Crippen LogP contribution in [-0.2, 0) is 10.1 Å². The number of rotatable bonds is 17. The molecule has 0 saturated carbocycles. The van der Waals surface area contributed by atoms with Gasteiger partial charge in [0, 0.05) is 6.07 Å². The second-order valence-corrected chi connectivity index (χ2v) is 8.71. The highest BCUT2D eigenvalue weighted by Gasteiger charge is 2.18. The van der Waals surface area contributed by atoms with Crippen molar-refractivity contribution >= 4 is 10.1 Å². The molecule has 162 valence electrons. The molecular formula is C22H38O5S. The van der Waals surface area contributed by atoms with Crippen molar-refractivity contribution in [1.29, 1.82) is 0 Å². The van der Waals surface area contributed by atoms with Crippen LogP contribution in [-0.4, -0.2) is 26.2 Å². The van der Waals surface area contributed by atoms with Gasteiger partial charge in [-0.15, -0.1) is 0 Å². The third kappa shape index (κ3) is 10.9. The summed E-state index contributed by atoms with van der Waals surface area (Å²) in [6, 6.07) is 4.61. The van der Waals surface area contributed by atoms with Crippen molar-refractivity contribution < 1.29 is 22.4 Å². The molecule has 0 amide bonds. The molecule has 1 aromatic carbocycles. The largest absolute Gasteiger partial charge is 0.494 e. The Kier molecular flexibility index (Phi) is 13.0. The van der Waals surface area contributed by atoms with Crippen LogP contribution in [0.25, 0.3) is 0 Å². The molecule has 0 saturated heterocycles. The maximum atomic E-state index is 11.7. The number of unbranched alkanes of at least 4 members (excludes halogenated alkanes) is 10. The molecule has 0 aliphatic carbocycles. The van der Waals surface area contributed by atoms with Crippen LogP contribution in [0.5, 0.6) is 11.5 Å². The van der Waals surface area contributed by atoms with Gasteiger partial charge in [0.1, 0.15) is 16.4 Å². The molecule has 28 heavy (non-hydrogen) atoms. The number of benzene rings is 1. The highest BCUT2D eigenvalue weighted by molar-refractivity contribution is 7.86. The summed E-state index contributed by atoms with van der Waals surface area (Å²) in [7, 11) is -4.36. The summed E-state index contributed by atoms with van der Waals surface area (Å²) in [5.74, 6) is 0.621. The zero-order chi connectivity index (χ0) is 20.7. The molecule has 0 bridgehead atoms. The Labute approximate surface area is 171 Å². The average molecular weight is 415 g/mol. The van der Waals surface area contributed by atoms with Crippen LogP contribution in [0.2, 0.25) is 0 Å². The molecule has 0 heterocycles. The first-order valence-corrected chi connectivity index (χ1v) is 12.3. The lowest BCUT2D eigenvalue weighted by atomic mass is 10.1. The highest BCUT2D eigenvalue weighted by Crippen LogP contribution is 2.29. The van der Waals surface area contributed by atoms with Crippen LogP contribution in [0.4, 0.5) is 0 Å². The molecule has 0 atom stereocenters. The maximum absolute atomic E-state index is 11.7. The average Bonchev–Trinajstić information content (AvgIpc) is 2.66. The smallest absolute Gasteiger partial charge is 0.298 e. The van der Waals surface area contributed by atoms with Gasteiger partial charge >= 0.3 is 0 Å².